The van der Waals surface area contributed by atoms with Crippen LogP contribution < -0.4 is 0 Å². The van der Waals surface area contributed by atoms with Gasteiger partial charge in [-0.05, 0) is 36.6 Å². The SMILES string of the molecule is COC(=O)c1ccc(C)cc1[C@H]1CN=N[C@]12Cc1c(C)cccc1C2=O. The third-order valence-corrected chi connectivity index (χ3v) is 5.57. The highest BCUT2D eigenvalue weighted by atomic mass is 16.5. The molecule has 0 saturated heterocycles. The van der Waals surface area contributed by atoms with E-state index in [2.05, 4.69) is 10.2 Å². The standard InChI is InChI=1S/C21H20N2O3/c1-12-7-8-15(20(25)26-3)16(9-12)18-11-22-23-21(18)10-17-13(2)5-4-6-14(17)19(21)24/h4-9,18H,10-11H2,1-3H3/t18-,21-/m1/s1. The zero-order valence-electron chi connectivity index (χ0n) is 15.1. The van der Waals surface area contributed by atoms with E-state index in [1.54, 1.807) is 6.07 Å². The average Bonchev–Trinajstić information content (AvgIpc) is 3.18. The van der Waals surface area contributed by atoms with Gasteiger partial charge in [-0.3, -0.25) is 4.79 Å². The van der Waals surface area contributed by atoms with Crippen LogP contribution in [0.1, 0.15) is 48.9 Å². The van der Waals surface area contributed by atoms with E-state index in [1.165, 1.54) is 7.11 Å². The summed E-state index contributed by atoms with van der Waals surface area (Å²) < 4.78 is 4.95. The summed E-state index contributed by atoms with van der Waals surface area (Å²) in [6, 6.07) is 11.4. The molecule has 0 saturated carbocycles. The summed E-state index contributed by atoms with van der Waals surface area (Å²) in [6.45, 7) is 4.38. The number of azo groups is 1. The minimum atomic E-state index is -0.953. The number of rotatable bonds is 2. The minimum Gasteiger partial charge on any atom is -0.465 e. The number of ketones is 1. The van der Waals surface area contributed by atoms with Gasteiger partial charge in [0.2, 0.25) is 0 Å². The molecule has 0 bridgehead atoms. The second-order valence-electron chi connectivity index (χ2n) is 7.09. The van der Waals surface area contributed by atoms with E-state index in [9.17, 15) is 9.59 Å². The molecule has 1 spiro atoms. The molecule has 5 nitrogen and oxygen atoms in total. The maximum atomic E-state index is 13.3. The van der Waals surface area contributed by atoms with Crippen molar-refractivity contribution in [3.63, 3.8) is 0 Å². The number of carbonyl (C=O) groups excluding carboxylic acids is 2. The number of carbonyl (C=O) groups is 2. The van der Waals surface area contributed by atoms with Gasteiger partial charge in [0.25, 0.3) is 0 Å². The molecule has 2 aromatic rings. The van der Waals surface area contributed by atoms with Crippen LogP contribution in [0.4, 0.5) is 0 Å². The van der Waals surface area contributed by atoms with Crippen LogP contribution in [0.2, 0.25) is 0 Å². The van der Waals surface area contributed by atoms with Gasteiger partial charge in [0.1, 0.15) is 0 Å². The van der Waals surface area contributed by atoms with Crippen LogP contribution in [0.25, 0.3) is 0 Å². The van der Waals surface area contributed by atoms with E-state index >= 15 is 0 Å². The lowest BCUT2D eigenvalue weighted by molar-refractivity contribution is 0.0597. The van der Waals surface area contributed by atoms with Gasteiger partial charge in [-0.1, -0.05) is 35.9 Å². The van der Waals surface area contributed by atoms with E-state index in [-0.39, 0.29) is 11.7 Å². The van der Waals surface area contributed by atoms with E-state index in [4.69, 9.17) is 4.74 Å². The molecule has 0 fully saturated rings. The minimum absolute atomic E-state index is 0.000211. The molecule has 1 aliphatic carbocycles. The van der Waals surface area contributed by atoms with Crippen LogP contribution in [0.15, 0.2) is 46.6 Å². The summed E-state index contributed by atoms with van der Waals surface area (Å²) in [5, 5.41) is 8.69. The zero-order valence-corrected chi connectivity index (χ0v) is 15.1. The smallest absolute Gasteiger partial charge is 0.338 e. The number of nitrogens with zero attached hydrogens (tertiary/aromatic N) is 2. The maximum Gasteiger partial charge on any atom is 0.338 e. The first-order chi connectivity index (χ1) is 12.5. The maximum absolute atomic E-state index is 13.3. The van der Waals surface area contributed by atoms with Crippen LogP contribution in [0, 0.1) is 13.8 Å². The number of aryl methyl sites for hydroxylation is 2. The fraction of sp³-hybridized carbons (Fsp3) is 0.333. The third-order valence-electron chi connectivity index (χ3n) is 5.57. The molecule has 2 atom stereocenters. The number of methoxy groups -OCH3 is 1. The molecule has 0 unspecified atom stereocenters. The number of benzene rings is 2. The molecular formula is C21H20N2O3. The highest BCUT2D eigenvalue weighted by Gasteiger charge is 2.55. The van der Waals surface area contributed by atoms with E-state index in [0.717, 1.165) is 27.8 Å². The number of hydrogen-bond donors (Lipinski definition) is 0. The van der Waals surface area contributed by atoms with Gasteiger partial charge in [-0.15, -0.1) is 0 Å². The predicted octanol–water partition coefficient (Wildman–Crippen LogP) is 3.82. The Hall–Kier alpha value is -2.82. The first kappa shape index (κ1) is 16.6. The average molecular weight is 348 g/mol. The summed E-state index contributed by atoms with van der Waals surface area (Å²) in [7, 11) is 1.37. The van der Waals surface area contributed by atoms with Gasteiger partial charge >= 0.3 is 5.97 Å². The molecular weight excluding hydrogens is 328 g/mol. The van der Waals surface area contributed by atoms with Crippen molar-refractivity contribution in [1.29, 1.82) is 0 Å². The highest BCUT2D eigenvalue weighted by Crippen LogP contribution is 2.48. The van der Waals surface area contributed by atoms with Gasteiger partial charge in [-0.25, -0.2) is 4.79 Å². The van der Waals surface area contributed by atoms with E-state index < -0.39 is 11.5 Å². The van der Waals surface area contributed by atoms with Crippen molar-refractivity contribution in [2.75, 3.05) is 13.7 Å². The number of fused-ring (bicyclic) bond motifs is 1. The van der Waals surface area contributed by atoms with Crippen LogP contribution in [0.5, 0.6) is 0 Å². The Morgan fingerprint density at radius 1 is 1.23 bits per heavy atom. The van der Waals surface area contributed by atoms with Gasteiger partial charge in [0.05, 0.1) is 19.2 Å². The summed E-state index contributed by atoms with van der Waals surface area (Å²) in [5.41, 5.74) is 4.19. The molecule has 2 aliphatic rings. The Morgan fingerprint density at radius 3 is 2.77 bits per heavy atom. The first-order valence-corrected chi connectivity index (χ1v) is 8.69. The Morgan fingerprint density at radius 2 is 2.04 bits per heavy atom. The largest absolute Gasteiger partial charge is 0.465 e. The van der Waals surface area contributed by atoms with E-state index in [1.807, 2.05) is 44.2 Å². The predicted molar refractivity (Wildman–Crippen MR) is 96.9 cm³/mol. The van der Waals surface area contributed by atoms with Crippen molar-refractivity contribution in [2.24, 2.45) is 10.2 Å². The molecule has 0 amide bonds. The lowest BCUT2D eigenvalue weighted by atomic mass is 9.76. The topological polar surface area (TPSA) is 68.1 Å². The Bertz CT molecular complexity index is 964. The van der Waals surface area contributed by atoms with Crippen LogP contribution in [-0.2, 0) is 11.2 Å². The highest BCUT2D eigenvalue weighted by molar-refractivity contribution is 6.09. The fourth-order valence-corrected chi connectivity index (χ4v) is 4.19. The lowest BCUT2D eigenvalue weighted by Gasteiger charge is -2.27. The summed E-state index contributed by atoms with van der Waals surface area (Å²) >= 11 is 0. The van der Waals surface area contributed by atoms with Crippen LogP contribution >= 0.6 is 0 Å². The number of hydrogen-bond acceptors (Lipinski definition) is 5. The quantitative estimate of drug-likeness (QED) is 0.775. The number of esters is 1. The van der Waals surface area contributed by atoms with Crippen LogP contribution in [0.3, 0.4) is 0 Å². The molecule has 26 heavy (non-hydrogen) atoms. The van der Waals surface area contributed by atoms with Gasteiger partial charge in [0.15, 0.2) is 11.3 Å². The molecule has 0 radical (unpaired) electrons. The fourth-order valence-electron chi connectivity index (χ4n) is 4.19. The number of ether oxygens (including phenoxy) is 1. The normalized spacial score (nSPS) is 23.5. The molecule has 2 aromatic carbocycles. The summed E-state index contributed by atoms with van der Waals surface area (Å²) in [5.74, 6) is -0.670. The second-order valence-corrected chi connectivity index (χ2v) is 7.09. The van der Waals surface area contributed by atoms with Gasteiger partial charge in [0, 0.05) is 17.9 Å². The number of Topliss-reactive ketones (excluding diaryl/α,β-unsaturated/α-hetero) is 1. The molecule has 0 aromatic heterocycles. The van der Waals surface area contributed by atoms with Crippen molar-refractivity contribution in [1.82, 2.24) is 0 Å². The molecule has 1 aliphatic heterocycles. The third kappa shape index (κ3) is 2.23. The van der Waals surface area contributed by atoms with Gasteiger partial charge < -0.3 is 4.74 Å². The monoisotopic (exact) mass is 348 g/mol. The van der Waals surface area contributed by atoms with Crippen LogP contribution in [-0.4, -0.2) is 30.9 Å². The summed E-state index contributed by atoms with van der Waals surface area (Å²) in [4.78, 5) is 25.6. The van der Waals surface area contributed by atoms with Crippen molar-refractivity contribution in [3.05, 3.63) is 69.8 Å². The summed E-state index contributed by atoms with van der Waals surface area (Å²) in [6.07, 6.45) is 0.524. The van der Waals surface area contributed by atoms with Crippen molar-refractivity contribution in [3.8, 4) is 0 Å². The molecule has 1 heterocycles. The molecule has 5 heteroatoms. The second kappa shape index (κ2) is 5.87. The van der Waals surface area contributed by atoms with Gasteiger partial charge in [-0.2, -0.15) is 10.2 Å². The van der Waals surface area contributed by atoms with E-state index in [0.29, 0.717) is 18.5 Å². The Balaban J connectivity index is 1.86. The Kier molecular flexibility index (Phi) is 3.75. The lowest BCUT2D eigenvalue weighted by Crippen LogP contribution is -2.39. The Labute approximate surface area is 152 Å². The van der Waals surface area contributed by atoms with Crippen molar-refractivity contribution < 1.29 is 14.3 Å². The van der Waals surface area contributed by atoms with Crippen molar-refractivity contribution >= 4 is 11.8 Å². The first-order valence-electron chi connectivity index (χ1n) is 8.69. The molecule has 0 N–H and O–H groups in total. The zero-order chi connectivity index (χ0) is 18.5. The molecule has 132 valence electrons. The van der Waals surface area contributed by atoms with Crippen molar-refractivity contribution in [2.45, 2.75) is 31.7 Å². The molecule has 4 rings (SSSR count).